The molecular weight excluding hydrogens is 340 g/mol. The molecule has 0 saturated carbocycles. The standard InChI is InChI=1S/C22H34N2O3/c1-21(2)22(3,4)27-20(26-21)17-7-8-19(24-11-13-25-14-12-24)18(15-17)16-23-9-5-6-10-23/h7-8,15,20H,5-6,9-14,16H2,1-4H3. The summed E-state index contributed by atoms with van der Waals surface area (Å²) in [7, 11) is 0. The molecule has 5 nitrogen and oxygen atoms in total. The highest BCUT2D eigenvalue weighted by Crippen LogP contribution is 2.45. The van der Waals surface area contributed by atoms with Gasteiger partial charge in [0.25, 0.3) is 0 Å². The Hall–Kier alpha value is -1.14. The fourth-order valence-corrected chi connectivity index (χ4v) is 4.15. The first-order chi connectivity index (χ1) is 12.9. The van der Waals surface area contributed by atoms with E-state index in [1.807, 2.05) is 0 Å². The van der Waals surface area contributed by atoms with E-state index in [2.05, 4.69) is 55.7 Å². The summed E-state index contributed by atoms with van der Waals surface area (Å²) in [4.78, 5) is 5.02. The second-order valence-corrected chi connectivity index (χ2v) is 9.06. The predicted molar refractivity (Wildman–Crippen MR) is 107 cm³/mol. The van der Waals surface area contributed by atoms with E-state index >= 15 is 0 Å². The molecule has 0 unspecified atom stereocenters. The lowest BCUT2D eigenvalue weighted by molar-refractivity contribution is -0.0896. The van der Waals surface area contributed by atoms with Gasteiger partial charge in [0.2, 0.25) is 0 Å². The summed E-state index contributed by atoms with van der Waals surface area (Å²) in [5.74, 6) is 0. The summed E-state index contributed by atoms with van der Waals surface area (Å²) in [6, 6.07) is 6.75. The second kappa shape index (κ2) is 7.36. The molecule has 0 N–H and O–H groups in total. The summed E-state index contributed by atoms with van der Waals surface area (Å²) in [5, 5.41) is 0. The number of rotatable bonds is 4. The molecule has 3 fully saturated rings. The molecule has 3 aliphatic rings. The third-order valence-corrected chi connectivity index (χ3v) is 6.57. The lowest BCUT2D eigenvalue weighted by Crippen LogP contribution is -2.41. The predicted octanol–water partition coefficient (Wildman–Crippen LogP) is 3.72. The Balaban J connectivity index is 1.61. The lowest BCUT2D eigenvalue weighted by Gasteiger charge is -2.32. The highest BCUT2D eigenvalue weighted by Gasteiger charge is 2.49. The van der Waals surface area contributed by atoms with Crippen molar-refractivity contribution in [1.82, 2.24) is 4.90 Å². The Morgan fingerprint density at radius 1 is 0.926 bits per heavy atom. The highest BCUT2D eigenvalue weighted by molar-refractivity contribution is 5.55. The number of likely N-dealkylation sites (tertiary alicyclic amines) is 1. The highest BCUT2D eigenvalue weighted by atomic mass is 16.7. The Morgan fingerprint density at radius 2 is 1.56 bits per heavy atom. The Bertz CT molecular complexity index is 646. The van der Waals surface area contributed by atoms with Crippen LogP contribution in [0.4, 0.5) is 5.69 Å². The van der Waals surface area contributed by atoms with E-state index in [1.165, 1.54) is 37.2 Å². The molecule has 0 spiro atoms. The molecule has 3 heterocycles. The molecule has 27 heavy (non-hydrogen) atoms. The van der Waals surface area contributed by atoms with Gasteiger partial charge in [-0.3, -0.25) is 4.90 Å². The van der Waals surface area contributed by atoms with E-state index < -0.39 is 0 Å². The molecule has 1 aromatic carbocycles. The molecule has 0 bridgehead atoms. The minimum atomic E-state index is -0.310. The molecule has 0 aliphatic carbocycles. The molecule has 0 radical (unpaired) electrons. The van der Waals surface area contributed by atoms with Crippen molar-refractivity contribution >= 4 is 5.69 Å². The first-order valence-electron chi connectivity index (χ1n) is 10.4. The van der Waals surface area contributed by atoms with Crippen LogP contribution in [0.3, 0.4) is 0 Å². The lowest BCUT2D eigenvalue weighted by atomic mass is 9.90. The van der Waals surface area contributed by atoms with Crippen molar-refractivity contribution < 1.29 is 14.2 Å². The monoisotopic (exact) mass is 374 g/mol. The maximum absolute atomic E-state index is 6.29. The SMILES string of the molecule is CC1(C)OC(c2ccc(N3CCOCC3)c(CN3CCCC3)c2)OC1(C)C. The quantitative estimate of drug-likeness (QED) is 0.802. The van der Waals surface area contributed by atoms with E-state index in [9.17, 15) is 0 Å². The van der Waals surface area contributed by atoms with Crippen molar-refractivity contribution in [2.45, 2.75) is 64.6 Å². The van der Waals surface area contributed by atoms with Gasteiger partial charge in [-0.15, -0.1) is 0 Å². The minimum Gasteiger partial charge on any atom is -0.378 e. The molecule has 0 atom stereocenters. The van der Waals surface area contributed by atoms with E-state index in [0.29, 0.717) is 0 Å². The molecule has 150 valence electrons. The first-order valence-corrected chi connectivity index (χ1v) is 10.4. The number of nitrogens with zero attached hydrogens (tertiary/aromatic N) is 2. The summed E-state index contributed by atoms with van der Waals surface area (Å²) in [6.07, 6.45) is 2.32. The van der Waals surface area contributed by atoms with Gasteiger partial charge >= 0.3 is 0 Å². The van der Waals surface area contributed by atoms with Gasteiger partial charge in [0.1, 0.15) is 0 Å². The van der Waals surface area contributed by atoms with Crippen LogP contribution in [0, 0.1) is 0 Å². The van der Waals surface area contributed by atoms with Crippen LogP contribution < -0.4 is 4.90 Å². The summed E-state index contributed by atoms with van der Waals surface area (Å²) in [5.41, 5.74) is 3.22. The van der Waals surface area contributed by atoms with Gasteiger partial charge in [0, 0.05) is 30.9 Å². The Labute approximate surface area is 163 Å². The van der Waals surface area contributed by atoms with Gasteiger partial charge in [0.05, 0.1) is 24.4 Å². The fraction of sp³-hybridized carbons (Fsp3) is 0.727. The van der Waals surface area contributed by atoms with Crippen LogP contribution >= 0.6 is 0 Å². The van der Waals surface area contributed by atoms with Gasteiger partial charge in [-0.1, -0.05) is 6.07 Å². The normalized spacial score (nSPS) is 26.0. The van der Waals surface area contributed by atoms with Crippen LogP contribution in [-0.4, -0.2) is 55.5 Å². The molecule has 5 heteroatoms. The number of ether oxygens (including phenoxy) is 3. The zero-order valence-corrected chi connectivity index (χ0v) is 17.3. The third-order valence-electron chi connectivity index (χ3n) is 6.57. The van der Waals surface area contributed by atoms with E-state index in [4.69, 9.17) is 14.2 Å². The van der Waals surface area contributed by atoms with Crippen LogP contribution in [0.1, 0.15) is 58.0 Å². The topological polar surface area (TPSA) is 34.2 Å². The summed E-state index contributed by atoms with van der Waals surface area (Å²) < 4.78 is 18.1. The molecular formula is C22H34N2O3. The van der Waals surface area contributed by atoms with Crippen molar-refractivity contribution in [3.8, 4) is 0 Å². The second-order valence-electron chi connectivity index (χ2n) is 9.06. The number of anilines is 1. The van der Waals surface area contributed by atoms with Crippen LogP contribution in [0.5, 0.6) is 0 Å². The third kappa shape index (κ3) is 3.88. The van der Waals surface area contributed by atoms with Crippen LogP contribution in [0.25, 0.3) is 0 Å². The average Bonchev–Trinajstić information content (AvgIpc) is 3.21. The van der Waals surface area contributed by atoms with Gasteiger partial charge in [0.15, 0.2) is 6.29 Å². The van der Waals surface area contributed by atoms with Gasteiger partial charge in [-0.2, -0.15) is 0 Å². The summed E-state index contributed by atoms with van der Waals surface area (Å²) >= 11 is 0. The van der Waals surface area contributed by atoms with E-state index in [0.717, 1.165) is 38.4 Å². The molecule has 3 saturated heterocycles. The van der Waals surface area contributed by atoms with Gasteiger partial charge < -0.3 is 19.1 Å². The van der Waals surface area contributed by atoms with Crippen molar-refractivity contribution in [2.24, 2.45) is 0 Å². The zero-order valence-electron chi connectivity index (χ0n) is 17.3. The molecule has 1 aromatic rings. The molecule has 0 aromatic heterocycles. The zero-order chi connectivity index (χ0) is 19.1. The van der Waals surface area contributed by atoms with Gasteiger partial charge in [-0.25, -0.2) is 0 Å². The first kappa shape index (κ1) is 19.2. The van der Waals surface area contributed by atoms with Crippen LogP contribution in [0.15, 0.2) is 18.2 Å². The maximum Gasteiger partial charge on any atom is 0.185 e. The maximum atomic E-state index is 6.29. The fourth-order valence-electron chi connectivity index (χ4n) is 4.15. The van der Waals surface area contributed by atoms with Crippen molar-refractivity contribution in [1.29, 1.82) is 0 Å². The molecule has 3 aliphatic heterocycles. The van der Waals surface area contributed by atoms with E-state index in [-0.39, 0.29) is 17.5 Å². The van der Waals surface area contributed by atoms with Crippen LogP contribution in [-0.2, 0) is 20.8 Å². The van der Waals surface area contributed by atoms with Crippen molar-refractivity contribution in [3.63, 3.8) is 0 Å². The molecule has 0 amide bonds. The number of hydrogen-bond donors (Lipinski definition) is 0. The van der Waals surface area contributed by atoms with Gasteiger partial charge in [-0.05, 0) is 71.3 Å². The molecule has 4 rings (SSSR count). The van der Waals surface area contributed by atoms with E-state index in [1.54, 1.807) is 0 Å². The van der Waals surface area contributed by atoms with Crippen LogP contribution in [0.2, 0.25) is 0 Å². The number of hydrogen-bond acceptors (Lipinski definition) is 5. The average molecular weight is 375 g/mol. The smallest absolute Gasteiger partial charge is 0.185 e. The Kier molecular flexibility index (Phi) is 5.23. The summed E-state index contributed by atoms with van der Waals surface area (Å²) in [6.45, 7) is 15.4. The van der Waals surface area contributed by atoms with Crippen molar-refractivity contribution in [2.75, 3.05) is 44.3 Å². The number of benzene rings is 1. The minimum absolute atomic E-state index is 0.300. The Morgan fingerprint density at radius 3 is 2.19 bits per heavy atom. The largest absolute Gasteiger partial charge is 0.378 e. The number of morpholine rings is 1. The van der Waals surface area contributed by atoms with Crippen molar-refractivity contribution in [3.05, 3.63) is 29.3 Å².